The van der Waals surface area contributed by atoms with Crippen molar-refractivity contribution in [3.05, 3.63) is 57.5 Å². The molecule has 0 spiro atoms. The van der Waals surface area contributed by atoms with E-state index in [1.165, 1.54) is 6.07 Å². The second kappa shape index (κ2) is 6.84. The van der Waals surface area contributed by atoms with E-state index in [0.717, 1.165) is 5.69 Å². The lowest BCUT2D eigenvalue weighted by Gasteiger charge is -2.10. The molecule has 0 aliphatic carbocycles. The molecule has 0 heterocycles. The first-order chi connectivity index (χ1) is 9.56. The molecule has 20 heavy (non-hydrogen) atoms. The summed E-state index contributed by atoms with van der Waals surface area (Å²) in [6, 6.07) is 12.3. The third kappa shape index (κ3) is 4.04. The van der Waals surface area contributed by atoms with Crippen molar-refractivity contribution in [2.75, 3.05) is 17.2 Å². The molecule has 2 aromatic rings. The number of hydrogen-bond acceptors (Lipinski definition) is 2. The number of hydrogen-bond donors (Lipinski definition) is 2. The van der Waals surface area contributed by atoms with Gasteiger partial charge in [0.05, 0.1) is 27.3 Å². The molecule has 0 radical (unpaired) electrons. The van der Waals surface area contributed by atoms with E-state index in [4.69, 9.17) is 34.8 Å². The van der Waals surface area contributed by atoms with Crippen LogP contribution in [0.4, 0.5) is 11.4 Å². The van der Waals surface area contributed by atoms with Gasteiger partial charge in [0, 0.05) is 5.69 Å². The van der Waals surface area contributed by atoms with E-state index < -0.39 is 0 Å². The minimum atomic E-state index is -0.182. The topological polar surface area (TPSA) is 41.1 Å². The minimum absolute atomic E-state index is 0.0760. The molecule has 2 aromatic carbocycles. The van der Waals surface area contributed by atoms with Gasteiger partial charge in [-0.15, -0.1) is 0 Å². The van der Waals surface area contributed by atoms with E-state index in [9.17, 15) is 4.79 Å². The Morgan fingerprint density at radius 2 is 1.60 bits per heavy atom. The monoisotopic (exact) mass is 328 g/mol. The van der Waals surface area contributed by atoms with Crippen LogP contribution in [-0.4, -0.2) is 12.5 Å². The van der Waals surface area contributed by atoms with Crippen molar-refractivity contribution in [1.29, 1.82) is 0 Å². The van der Waals surface area contributed by atoms with Crippen LogP contribution < -0.4 is 10.6 Å². The average Bonchev–Trinajstić information content (AvgIpc) is 2.42. The van der Waals surface area contributed by atoms with Gasteiger partial charge in [-0.1, -0.05) is 53.0 Å². The normalized spacial score (nSPS) is 10.2. The van der Waals surface area contributed by atoms with E-state index >= 15 is 0 Å². The van der Waals surface area contributed by atoms with Gasteiger partial charge in [0.2, 0.25) is 5.91 Å². The number of carbonyl (C=O) groups excluding carboxylic acids is 1. The van der Waals surface area contributed by atoms with Crippen molar-refractivity contribution in [3.63, 3.8) is 0 Å². The summed E-state index contributed by atoms with van der Waals surface area (Å²) in [6.45, 7) is 0.0760. The Bertz CT molecular complexity index is 617. The highest BCUT2D eigenvalue weighted by molar-refractivity contribution is 6.44. The summed E-state index contributed by atoms with van der Waals surface area (Å²) in [5.74, 6) is -0.182. The number of anilines is 2. The maximum Gasteiger partial charge on any atom is 0.243 e. The Morgan fingerprint density at radius 1 is 0.950 bits per heavy atom. The van der Waals surface area contributed by atoms with Crippen LogP contribution in [0.1, 0.15) is 0 Å². The summed E-state index contributed by atoms with van der Waals surface area (Å²) in [5.41, 5.74) is 1.30. The lowest BCUT2D eigenvalue weighted by atomic mass is 10.3. The second-order valence-electron chi connectivity index (χ2n) is 4.01. The maximum atomic E-state index is 11.8. The Kier molecular flexibility index (Phi) is 5.12. The third-order valence-electron chi connectivity index (χ3n) is 2.51. The first-order valence-corrected chi connectivity index (χ1v) is 6.93. The van der Waals surface area contributed by atoms with Crippen LogP contribution in [0.5, 0.6) is 0 Å². The summed E-state index contributed by atoms with van der Waals surface area (Å²) in [6.07, 6.45) is 0. The first-order valence-electron chi connectivity index (χ1n) is 5.79. The van der Waals surface area contributed by atoms with Crippen molar-refractivity contribution in [2.45, 2.75) is 0 Å². The first kappa shape index (κ1) is 15.0. The predicted octanol–water partition coefficient (Wildman–Crippen LogP) is 4.70. The summed E-state index contributed by atoms with van der Waals surface area (Å²) in [4.78, 5) is 11.8. The zero-order chi connectivity index (χ0) is 14.5. The van der Waals surface area contributed by atoms with Gasteiger partial charge in [-0.05, 0) is 24.3 Å². The Balaban J connectivity index is 1.95. The molecule has 0 saturated heterocycles. The van der Waals surface area contributed by atoms with Crippen LogP contribution in [-0.2, 0) is 4.79 Å². The van der Waals surface area contributed by atoms with Crippen molar-refractivity contribution < 1.29 is 4.79 Å². The molecule has 0 fully saturated rings. The van der Waals surface area contributed by atoms with Crippen LogP contribution in [0.25, 0.3) is 0 Å². The zero-order valence-electron chi connectivity index (χ0n) is 10.3. The fourth-order valence-electron chi connectivity index (χ4n) is 1.56. The highest BCUT2D eigenvalue weighted by atomic mass is 35.5. The summed E-state index contributed by atoms with van der Waals surface area (Å²) in [5, 5.41) is 6.83. The summed E-state index contributed by atoms with van der Waals surface area (Å²) >= 11 is 17.7. The molecule has 0 aliphatic rings. The van der Waals surface area contributed by atoms with E-state index in [0.29, 0.717) is 20.8 Å². The molecule has 1 amide bonds. The molecule has 104 valence electrons. The maximum absolute atomic E-state index is 11.8. The van der Waals surface area contributed by atoms with Gasteiger partial charge in [0.1, 0.15) is 0 Å². The van der Waals surface area contributed by atoms with Crippen LogP contribution in [0, 0.1) is 0 Å². The lowest BCUT2D eigenvalue weighted by Crippen LogP contribution is -2.21. The van der Waals surface area contributed by atoms with E-state index in [1.807, 2.05) is 30.3 Å². The minimum Gasteiger partial charge on any atom is -0.375 e. The molecule has 0 aromatic heterocycles. The van der Waals surface area contributed by atoms with Gasteiger partial charge in [0.25, 0.3) is 0 Å². The third-order valence-corrected chi connectivity index (χ3v) is 3.54. The molecule has 0 saturated carbocycles. The van der Waals surface area contributed by atoms with Gasteiger partial charge < -0.3 is 10.6 Å². The largest absolute Gasteiger partial charge is 0.375 e. The standard InChI is InChI=1S/C14H11Cl3N2O/c15-10-6-12(17)13(7-11(10)16)18-8-14(20)19-9-4-2-1-3-5-9/h1-7,18H,8H2,(H,19,20). The number of benzene rings is 2. The number of amides is 1. The van der Waals surface area contributed by atoms with E-state index in [1.54, 1.807) is 6.07 Å². The molecular formula is C14H11Cl3N2O. The second-order valence-corrected chi connectivity index (χ2v) is 5.24. The molecule has 6 heteroatoms. The Morgan fingerprint density at radius 3 is 2.30 bits per heavy atom. The molecule has 0 unspecified atom stereocenters. The number of para-hydroxylation sites is 1. The molecular weight excluding hydrogens is 319 g/mol. The fourth-order valence-corrected chi connectivity index (χ4v) is 2.17. The van der Waals surface area contributed by atoms with Gasteiger partial charge in [0.15, 0.2) is 0 Å². The number of rotatable bonds is 4. The van der Waals surface area contributed by atoms with Crippen molar-refractivity contribution >= 4 is 52.1 Å². The lowest BCUT2D eigenvalue weighted by molar-refractivity contribution is -0.114. The van der Waals surface area contributed by atoms with Crippen molar-refractivity contribution in [2.24, 2.45) is 0 Å². The zero-order valence-corrected chi connectivity index (χ0v) is 12.6. The van der Waals surface area contributed by atoms with Gasteiger partial charge in [-0.25, -0.2) is 0 Å². The SMILES string of the molecule is O=C(CNc1cc(Cl)c(Cl)cc1Cl)Nc1ccccc1. The summed E-state index contributed by atoms with van der Waals surface area (Å²) in [7, 11) is 0. The number of halogens is 3. The van der Waals surface area contributed by atoms with Crippen LogP contribution in [0.15, 0.2) is 42.5 Å². The highest BCUT2D eigenvalue weighted by Gasteiger charge is 2.07. The summed E-state index contributed by atoms with van der Waals surface area (Å²) < 4.78 is 0. The van der Waals surface area contributed by atoms with Crippen LogP contribution in [0.2, 0.25) is 15.1 Å². The quantitative estimate of drug-likeness (QED) is 0.798. The fraction of sp³-hybridized carbons (Fsp3) is 0.0714. The molecule has 3 nitrogen and oxygen atoms in total. The van der Waals surface area contributed by atoms with E-state index in [-0.39, 0.29) is 12.5 Å². The van der Waals surface area contributed by atoms with Gasteiger partial charge in [-0.2, -0.15) is 0 Å². The van der Waals surface area contributed by atoms with Crippen LogP contribution in [0.3, 0.4) is 0 Å². The molecule has 0 aliphatic heterocycles. The van der Waals surface area contributed by atoms with Gasteiger partial charge in [-0.3, -0.25) is 4.79 Å². The molecule has 0 atom stereocenters. The number of carbonyl (C=O) groups is 1. The van der Waals surface area contributed by atoms with Gasteiger partial charge >= 0.3 is 0 Å². The van der Waals surface area contributed by atoms with Crippen LogP contribution >= 0.6 is 34.8 Å². The van der Waals surface area contributed by atoms with Crippen molar-refractivity contribution in [3.8, 4) is 0 Å². The van der Waals surface area contributed by atoms with E-state index in [2.05, 4.69) is 10.6 Å². The number of nitrogens with one attached hydrogen (secondary N) is 2. The average molecular weight is 330 g/mol. The molecule has 2 rings (SSSR count). The smallest absolute Gasteiger partial charge is 0.243 e. The highest BCUT2D eigenvalue weighted by Crippen LogP contribution is 2.32. The predicted molar refractivity (Wildman–Crippen MR) is 85.0 cm³/mol. The Hall–Kier alpha value is -1.42. The molecule has 2 N–H and O–H groups in total. The molecule has 0 bridgehead atoms. The van der Waals surface area contributed by atoms with Crippen molar-refractivity contribution in [1.82, 2.24) is 0 Å². The Labute approximate surface area is 131 Å².